The first-order valence-electron chi connectivity index (χ1n) is 13.9. The maximum Gasteiger partial charge on any atom is 0.307 e. The van der Waals surface area contributed by atoms with Crippen molar-refractivity contribution in [2.24, 2.45) is 0 Å². The van der Waals surface area contributed by atoms with Crippen molar-refractivity contribution in [2.45, 2.75) is 46.1 Å². The maximum absolute atomic E-state index is 12.0. The van der Waals surface area contributed by atoms with Crippen LogP contribution >= 0.6 is 22.9 Å². The molecular weight excluding hydrogens is 566 g/mol. The van der Waals surface area contributed by atoms with Gasteiger partial charge in [-0.15, -0.1) is 11.3 Å². The number of nitrogens with zero attached hydrogens (tertiary/aromatic N) is 3. The monoisotopic (exact) mass is 597 g/mol. The number of carbonyl (C=O) groups is 1. The molecule has 6 rings (SSSR count). The number of hydrogen-bond donors (Lipinski definition) is 1. The van der Waals surface area contributed by atoms with Crippen molar-refractivity contribution >= 4 is 44.8 Å². The van der Waals surface area contributed by atoms with Gasteiger partial charge in [0.25, 0.3) is 0 Å². The number of benzene rings is 3. The summed E-state index contributed by atoms with van der Waals surface area (Å²) in [4.78, 5) is 24.1. The molecule has 3 heterocycles. The zero-order chi connectivity index (χ0) is 29.8. The average molecular weight is 598 g/mol. The SMILES string of the molecule is Cc1cc2nc(-c3ccnc(-c4cccc5c4CCN5C)c3)sc2c(-c2ccc(Cl)cc2OC(C)(C)C)c1CC(=O)O. The minimum atomic E-state index is -0.893. The Hall–Kier alpha value is -3.94. The first-order valence-corrected chi connectivity index (χ1v) is 15.1. The zero-order valence-corrected chi connectivity index (χ0v) is 25.9. The fourth-order valence-corrected chi connectivity index (χ4v) is 6.97. The van der Waals surface area contributed by atoms with Gasteiger partial charge in [-0.1, -0.05) is 23.7 Å². The molecule has 6 nitrogen and oxygen atoms in total. The molecule has 0 radical (unpaired) electrons. The van der Waals surface area contributed by atoms with E-state index in [2.05, 4.69) is 36.2 Å². The van der Waals surface area contributed by atoms with Crippen LogP contribution in [-0.4, -0.2) is 40.2 Å². The van der Waals surface area contributed by atoms with Gasteiger partial charge in [0, 0.05) is 52.8 Å². The van der Waals surface area contributed by atoms with Crippen molar-refractivity contribution in [3.63, 3.8) is 0 Å². The van der Waals surface area contributed by atoms with E-state index >= 15 is 0 Å². The number of aromatic nitrogens is 2. The summed E-state index contributed by atoms with van der Waals surface area (Å²) in [7, 11) is 2.12. The average Bonchev–Trinajstić information content (AvgIpc) is 3.52. The van der Waals surface area contributed by atoms with E-state index in [0.717, 1.165) is 67.3 Å². The summed E-state index contributed by atoms with van der Waals surface area (Å²) in [6.07, 6.45) is 2.71. The van der Waals surface area contributed by atoms with Crippen molar-refractivity contribution in [3.8, 4) is 38.7 Å². The zero-order valence-electron chi connectivity index (χ0n) is 24.3. The van der Waals surface area contributed by atoms with Crippen LogP contribution < -0.4 is 9.64 Å². The van der Waals surface area contributed by atoms with Gasteiger partial charge in [-0.05, 0) is 93.3 Å². The summed E-state index contributed by atoms with van der Waals surface area (Å²) in [5, 5.41) is 11.3. The molecule has 2 aromatic heterocycles. The summed E-state index contributed by atoms with van der Waals surface area (Å²) in [5.41, 5.74) is 9.17. The van der Waals surface area contributed by atoms with Crippen LogP contribution in [0.4, 0.5) is 5.69 Å². The van der Waals surface area contributed by atoms with E-state index in [1.165, 1.54) is 11.3 Å². The number of aryl methyl sites for hydroxylation is 1. The molecular formula is C34H32ClN3O3S. The topological polar surface area (TPSA) is 75.5 Å². The molecule has 5 aromatic rings. The highest BCUT2D eigenvalue weighted by molar-refractivity contribution is 7.22. The van der Waals surface area contributed by atoms with Gasteiger partial charge in [0.2, 0.25) is 0 Å². The second-order valence-corrected chi connectivity index (χ2v) is 13.2. The molecule has 0 fully saturated rings. The number of carboxylic acid groups (broad SMARTS) is 1. The lowest BCUT2D eigenvalue weighted by Crippen LogP contribution is -2.23. The molecule has 0 saturated heterocycles. The predicted octanol–water partition coefficient (Wildman–Crippen LogP) is 8.45. The van der Waals surface area contributed by atoms with Gasteiger partial charge in [0.05, 0.1) is 22.3 Å². The standard InChI is InChI=1S/C34H32ClN3O3S/c1-19-15-27-32(31(25(19)18-30(39)40)24-10-9-21(35)17-29(24)41-34(2,3)4)42-33(37-27)20-11-13-36-26(16-20)22-7-6-8-28-23(22)12-14-38(28)5/h6-11,13,15-17H,12,14,18H2,1-5H3,(H,39,40). The van der Waals surface area contributed by atoms with Crippen molar-refractivity contribution in [1.29, 1.82) is 0 Å². The Morgan fingerprint density at radius 2 is 1.93 bits per heavy atom. The number of fused-ring (bicyclic) bond motifs is 2. The predicted molar refractivity (Wildman–Crippen MR) is 172 cm³/mol. The molecule has 0 amide bonds. The second kappa shape index (κ2) is 10.7. The van der Waals surface area contributed by atoms with E-state index in [-0.39, 0.29) is 6.42 Å². The summed E-state index contributed by atoms with van der Waals surface area (Å²) < 4.78 is 7.27. The Balaban J connectivity index is 1.54. The van der Waals surface area contributed by atoms with Crippen LogP contribution in [-0.2, 0) is 17.6 Å². The van der Waals surface area contributed by atoms with Crippen LogP contribution in [0.3, 0.4) is 0 Å². The molecule has 0 bridgehead atoms. The summed E-state index contributed by atoms with van der Waals surface area (Å²) in [6, 6.07) is 18.0. The molecule has 8 heteroatoms. The van der Waals surface area contributed by atoms with Gasteiger partial charge in [-0.2, -0.15) is 0 Å². The van der Waals surface area contributed by atoms with Crippen LogP contribution in [0.1, 0.15) is 37.5 Å². The van der Waals surface area contributed by atoms with E-state index in [0.29, 0.717) is 10.8 Å². The van der Waals surface area contributed by atoms with Crippen LogP contribution in [0.2, 0.25) is 5.02 Å². The van der Waals surface area contributed by atoms with Crippen LogP contribution in [0, 0.1) is 6.92 Å². The largest absolute Gasteiger partial charge is 0.487 e. The molecule has 42 heavy (non-hydrogen) atoms. The summed E-state index contributed by atoms with van der Waals surface area (Å²) >= 11 is 7.96. The normalized spacial score (nSPS) is 13.0. The molecule has 0 atom stereocenters. The second-order valence-electron chi connectivity index (χ2n) is 11.7. The van der Waals surface area contributed by atoms with E-state index in [1.54, 1.807) is 17.4 Å². The van der Waals surface area contributed by atoms with Crippen LogP contribution in [0.5, 0.6) is 5.75 Å². The Morgan fingerprint density at radius 3 is 2.69 bits per heavy atom. The van der Waals surface area contributed by atoms with Crippen molar-refractivity contribution in [2.75, 3.05) is 18.5 Å². The number of thiazole rings is 1. The van der Waals surface area contributed by atoms with Crippen molar-refractivity contribution in [1.82, 2.24) is 9.97 Å². The number of ether oxygens (including phenoxy) is 1. The van der Waals surface area contributed by atoms with E-state index in [4.69, 9.17) is 26.3 Å². The first kappa shape index (κ1) is 28.2. The van der Waals surface area contributed by atoms with E-state index in [1.807, 2.05) is 58.2 Å². The molecule has 1 aliphatic heterocycles. The van der Waals surface area contributed by atoms with Gasteiger partial charge in [-0.25, -0.2) is 4.98 Å². The number of carboxylic acids is 1. The minimum Gasteiger partial charge on any atom is -0.487 e. The highest BCUT2D eigenvalue weighted by atomic mass is 35.5. The Labute approximate surface area is 254 Å². The summed E-state index contributed by atoms with van der Waals surface area (Å²) in [6.45, 7) is 8.88. The van der Waals surface area contributed by atoms with E-state index < -0.39 is 11.6 Å². The van der Waals surface area contributed by atoms with E-state index in [9.17, 15) is 9.90 Å². The third-order valence-electron chi connectivity index (χ3n) is 7.51. The lowest BCUT2D eigenvalue weighted by Gasteiger charge is -2.24. The molecule has 0 saturated carbocycles. The van der Waals surface area contributed by atoms with Crippen molar-refractivity contribution in [3.05, 3.63) is 82.5 Å². The Bertz CT molecular complexity index is 1860. The quantitative estimate of drug-likeness (QED) is 0.212. The minimum absolute atomic E-state index is 0.116. The fourth-order valence-electron chi connectivity index (χ4n) is 5.69. The third kappa shape index (κ3) is 5.35. The molecule has 0 spiro atoms. The van der Waals surface area contributed by atoms with Gasteiger partial charge < -0.3 is 14.7 Å². The molecule has 0 unspecified atom stereocenters. The number of anilines is 1. The van der Waals surface area contributed by atoms with Crippen LogP contribution in [0.25, 0.3) is 43.2 Å². The smallest absolute Gasteiger partial charge is 0.307 e. The summed E-state index contributed by atoms with van der Waals surface area (Å²) in [5.74, 6) is -0.284. The van der Waals surface area contributed by atoms with Gasteiger partial charge in [0.1, 0.15) is 16.4 Å². The number of halogens is 1. The highest BCUT2D eigenvalue weighted by Crippen LogP contribution is 2.45. The number of likely N-dealkylation sites (N-methyl/N-ethyl adjacent to an activating group) is 1. The Kier molecular flexibility index (Phi) is 7.19. The third-order valence-corrected chi connectivity index (χ3v) is 8.88. The van der Waals surface area contributed by atoms with Gasteiger partial charge in [0.15, 0.2) is 0 Å². The van der Waals surface area contributed by atoms with Gasteiger partial charge in [-0.3, -0.25) is 9.78 Å². The Morgan fingerprint density at radius 1 is 1.12 bits per heavy atom. The molecule has 0 aliphatic carbocycles. The number of pyridine rings is 1. The highest BCUT2D eigenvalue weighted by Gasteiger charge is 2.25. The van der Waals surface area contributed by atoms with Crippen LogP contribution in [0.15, 0.2) is 60.8 Å². The van der Waals surface area contributed by atoms with Gasteiger partial charge >= 0.3 is 5.97 Å². The molecule has 1 N–H and O–H groups in total. The number of hydrogen-bond acceptors (Lipinski definition) is 6. The molecule has 214 valence electrons. The maximum atomic E-state index is 12.0. The first-order chi connectivity index (χ1) is 20.0. The number of aliphatic carboxylic acids is 1. The lowest BCUT2D eigenvalue weighted by molar-refractivity contribution is -0.136. The lowest BCUT2D eigenvalue weighted by atomic mass is 9.92. The van der Waals surface area contributed by atoms with Crippen molar-refractivity contribution < 1.29 is 14.6 Å². The molecule has 3 aromatic carbocycles. The number of rotatable bonds is 6. The fraction of sp³-hybridized carbons (Fsp3) is 0.265. The molecule has 1 aliphatic rings.